The van der Waals surface area contributed by atoms with Crippen LogP contribution in [-0.2, 0) is 6.54 Å². The smallest absolute Gasteiger partial charge is 0.137 e. The first kappa shape index (κ1) is 14.0. The van der Waals surface area contributed by atoms with E-state index in [0.29, 0.717) is 28.9 Å². The minimum Gasteiger partial charge on any atom is -0.492 e. The van der Waals surface area contributed by atoms with E-state index in [-0.39, 0.29) is 0 Å². The van der Waals surface area contributed by atoms with Gasteiger partial charge in [-0.1, -0.05) is 41.4 Å². The van der Waals surface area contributed by atoms with Crippen LogP contribution in [0.3, 0.4) is 0 Å². The Morgan fingerprint density at radius 2 is 1.84 bits per heavy atom. The fourth-order valence-electron chi connectivity index (χ4n) is 1.73. The molecule has 0 aromatic heterocycles. The summed E-state index contributed by atoms with van der Waals surface area (Å²) in [4.78, 5) is 0. The summed E-state index contributed by atoms with van der Waals surface area (Å²) in [5.74, 6) is 0.714. The molecule has 0 fully saturated rings. The summed E-state index contributed by atoms with van der Waals surface area (Å²) < 4.78 is 5.40. The zero-order valence-corrected chi connectivity index (χ0v) is 12.1. The molecule has 0 unspecified atom stereocenters. The molecule has 19 heavy (non-hydrogen) atoms. The highest BCUT2D eigenvalue weighted by Crippen LogP contribution is 2.26. The van der Waals surface area contributed by atoms with E-state index in [1.54, 1.807) is 0 Å². The Hall–Kier alpha value is -1.38. The van der Waals surface area contributed by atoms with Crippen molar-refractivity contribution in [3.05, 3.63) is 58.1 Å². The van der Waals surface area contributed by atoms with Crippen LogP contribution < -0.4 is 10.1 Å². The maximum absolute atomic E-state index is 6.14. The Kier molecular flexibility index (Phi) is 4.94. The average Bonchev–Trinajstić information content (AvgIpc) is 2.41. The number of hydrogen-bond donors (Lipinski definition) is 1. The normalized spacial score (nSPS) is 10.3. The quantitative estimate of drug-likeness (QED) is 0.838. The first-order valence-corrected chi connectivity index (χ1v) is 6.86. The SMILES string of the molecule is CCOc1ccc(CNc2ccccc2Cl)cc1Cl. The Bertz CT molecular complexity index is 558. The number of rotatable bonds is 5. The van der Waals surface area contributed by atoms with Crippen LogP contribution in [0.2, 0.25) is 10.0 Å². The van der Waals surface area contributed by atoms with E-state index in [0.717, 1.165) is 11.3 Å². The lowest BCUT2D eigenvalue weighted by Crippen LogP contribution is -2.00. The Morgan fingerprint density at radius 1 is 1.05 bits per heavy atom. The molecule has 0 atom stereocenters. The molecule has 4 heteroatoms. The van der Waals surface area contributed by atoms with E-state index >= 15 is 0 Å². The lowest BCUT2D eigenvalue weighted by molar-refractivity contribution is 0.340. The van der Waals surface area contributed by atoms with E-state index in [1.165, 1.54) is 0 Å². The average molecular weight is 296 g/mol. The van der Waals surface area contributed by atoms with E-state index in [1.807, 2.05) is 49.4 Å². The fourth-order valence-corrected chi connectivity index (χ4v) is 2.19. The van der Waals surface area contributed by atoms with Crippen LogP contribution >= 0.6 is 23.2 Å². The molecule has 0 aliphatic carbocycles. The summed E-state index contributed by atoms with van der Waals surface area (Å²) in [5.41, 5.74) is 1.99. The maximum atomic E-state index is 6.14. The minimum atomic E-state index is 0.608. The largest absolute Gasteiger partial charge is 0.492 e. The van der Waals surface area contributed by atoms with Gasteiger partial charge in [0.25, 0.3) is 0 Å². The molecule has 0 saturated carbocycles. The van der Waals surface area contributed by atoms with E-state index in [4.69, 9.17) is 27.9 Å². The number of hydrogen-bond acceptors (Lipinski definition) is 2. The van der Waals surface area contributed by atoms with Crippen LogP contribution in [0.15, 0.2) is 42.5 Å². The van der Waals surface area contributed by atoms with Gasteiger partial charge in [0.1, 0.15) is 5.75 Å². The van der Waals surface area contributed by atoms with Gasteiger partial charge in [-0.15, -0.1) is 0 Å². The first-order chi connectivity index (χ1) is 9.20. The monoisotopic (exact) mass is 295 g/mol. The van der Waals surface area contributed by atoms with Crippen molar-refractivity contribution in [2.24, 2.45) is 0 Å². The topological polar surface area (TPSA) is 21.3 Å². The number of para-hydroxylation sites is 1. The lowest BCUT2D eigenvalue weighted by atomic mass is 10.2. The van der Waals surface area contributed by atoms with Gasteiger partial charge < -0.3 is 10.1 Å². The third kappa shape index (κ3) is 3.79. The van der Waals surface area contributed by atoms with Crippen molar-refractivity contribution >= 4 is 28.9 Å². The van der Waals surface area contributed by atoms with E-state index in [2.05, 4.69) is 5.32 Å². The molecule has 2 nitrogen and oxygen atoms in total. The molecule has 100 valence electrons. The van der Waals surface area contributed by atoms with Crippen molar-refractivity contribution < 1.29 is 4.74 Å². The number of anilines is 1. The van der Waals surface area contributed by atoms with Gasteiger partial charge in [0.15, 0.2) is 0 Å². The second kappa shape index (κ2) is 6.69. The van der Waals surface area contributed by atoms with Crippen molar-refractivity contribution in [3.63, 3.8) is 0 Å². The van der Waals surface area contributed by atoms with Crippen LogP contribution in [0, 0.1) is 0 Å². The predicted octanol–water partition coefficient (Wildman–Crippen LogP) is 5.00. The number of benzene rings is 2. The van der Waals surface area contributed by atoms with Gasteiger partial charge in [0.05, 0.1) is 22.3 Å². The number of halogens is 2. The van der Waals surface area contributed by atoms with Crippen LogP contribution in [0.25, 0.3) is 0 Å². The van der Waals surface area contributed by atoms with Gasteiger partial charge in [0, 0.05) is 6.54 Å². The van der Waals surface area contributed by atoms with E-state index in [9.17, 15) is 0 Å². The third-order valence-electron chi connectivity index (χ3n) is 2.65. The van der Waals surface area contributed by atoms with Gasteiger partial charge in [-0.2, -0.15) is 0 Å². The molecule has 0 bridgehead atoms. The first-order valence-electron chi connectivity index (χ1n) is 6.10. The van der Waals surface area contributed by atoms with Crippen LogP contribution in [0.5, 0.6) is 5.75 Å². The molecule has 0 amide bonds. The molecule has 2 aromatic rings. The van der Waals surface area contributed by atoms with Crippen molar-refractivity contribution in [1.82, 2.24) is 0 Å². The second-order valence-electron chi connectivity index (χ2n) is 4.03. The van der Waals surface area contributed by atoms with Gasteiger partial charge in [-0.05, 0) is 36.8 Å². The summed E-state index contributed by atoms with van der Waals surface area (Å²) in [6.07, 6.45) is 0. The highest BCUT2D eigenvalue weighted by Gasteiger charge is 2.03. The molecule has 1 N–H and O–H groups in total. The number of nitrogens with one attached hydrogen (secondary N) is 1. The molecule has 0 heterocycles. The highest BCUT2D eigenvalue weighted by molar-refractivity contribution is 6.33. The van der Waals surface area contributed by atoms with Gasteiger partial charge >= 0.3 is 0 Å². The van der Waals surface area contributed by atoms with Gasteiger partial charge in [-0.3, -0.25) is 0 Å². The molecule has 0 saturated heterocycles. The zero-order valence-electron chi connectivity index (χ0n) is 10.6. The minimum absolute atomic E-state index is 0.608. The highest BCUT2D eigenvalue weighted by atomic mass is 35.5. The maximum Gasteiger partial charge on any atom is 0.137 e. The molecule has 0 aliphatic heterocycles. The molecule has 0 aliphatic rings. The van der Waals surface area contributed by atoms with Crippen molar-refractivity contribution in [2.45, 2.75) is 13.5 Å². The summed E-state index contributed by atoms with van der Waals surface area (Å²) in [6.45, 7) is 3.20. The lowest BCUT2D eigenvalue weighted by Gasteiger charge is -2.10. The standard InChI is InChI=1S/C15H15Cl2NO/c1-2-19-15-8-7-11(9-13(15)17)10-18-14-6-4-3-5-12(14)16/h3-9,18H,2,10H2,1H3. The van der Waals surface area contributed by atoms with Crippen LogP contribution in [-0.4, -0.2) is 6.61 Å². The summed E-state index contributed by atoms with van der Waals surface area (Å²) in [6, 6.07) is 13.4. The second-order valence-corrected chi connectivity index (χ2v) is 4.85. The number of ether oxygens (including phenoxy) is 1. The molecule has 0 spiro atoms. The summed E-state index contributed by atoms with van der Waals surface area (Å²) in [5, 5.41) is 4.61. The molecular weight excluding hydrogens is 281 g/mol. The summed E-state index contributed by atoms with van der Waals surface area (Å²) >= 11 is 12.2. The van der Waals surface area contributed by atoms with Crippen LogP contribution in [0.4, 0.5) is 5.69 Å². The van der Waals surface area contributed by atoms with Gasteiger partial charge in [-0.25, -0.2) is 0 Å². The van der Waals surface area contributed by atoms with E-state index < -0.39 is 0 Å². The van der Waals surface area contributed by atoms with Crippen LogP contribution in [0.1, 0.15) is 12.5 Å². The Balaban J connectivity index is 2.04. The molecular formula is C15H15Cl2NO. The third-order valence-corrected chi connectivity index (χ3v) is 3.28. The Labute approximate surface area is 123 Å². The molecule has 2 aromatic carbocycles. The zero-order chi connectivity index (χ0) is 13.7. The molecule has 2 rings (SSSR count). The van der Waals surface area contributed by atoms with Crippen molar-refractivity contribution in [1.29, 1.82) is 0 Å². The summed E-state index contributed by atoms with van der Waals surface area (Å²) in [7, 11) is 0. The predicted molar refractivity (Wildman–Crippen MR) is 81.4 cm³/mol. The van der Waals surface area contributed by atoms with Gasteiger partial charge in [0.2, 0.25) is 0 Å². The van der Waals surface area contributed by atoms with Crippen molar-refractivity contribution in [3.8, 4) is 5.75 Å². The Morgan fingerprint density at radius 3 is 2.53 bits per heavy atom. The molecule has 0 radical (unpaired) electrons. The van der Waals surface area contributed by atoms with Crippen molar-refractivity contribution in [2.75, 3.05) is 11.9 Å². The fraction of sp³-hybridized carbons (Fsp3) is 0.200.